The number of nitrogens with zero attached hydrogens (tertiary/aromatic N) is 1. The van der Waals surface area contributed by atoms with Gasteiger partial charge >= 0.3 is 0 Å². The smallest absolute Gasteiger partial charge is 0.251 e. The van der Waals surface area contributed by atoms with Gasteiger partial charge in [0.15, 0.2) is 0 Å². The minimum Gasteiger partial charge on any atom is -0.396 e. The summed E-state index contributed by atoms with van der Waals surface area (Å²) in [5, 5.41) is 12.3. The number of nitrogens with one attached hydrogen (secondary N) is 1. The Bertz CT molecular complexity index is 563. The molecule has 6 nitrogen and oxygen atoms in total. The van der Waals surface area contributed by atoms with Crippen molar-refractivity contribution in [1.29, 1.82) is 0 Å². The molecule has 2 atom stereocenters. The Morgan fingerprint density at radius 3 is 2.82 bits per heavy atom. The summed E-state index contributed by atoms with van der Waals surface area (Å²) in [6.45, 7) is 2.16. The molecule has 0 aliphatic carbocycles. The average Bonchev–Trinajstić information content (AvgIpc) is 3.10. The fourth-order valence-corrected chi connectivity index (χ4v) is 3.20. The number of carbonyl (C=O) groups is 2. The van der Waals surface area contributed by atoms with Crippen LogP contribution in [-0.2, 0) is 9.53 Å². The molecule has 22 heavy (non-hydrogen) atoms. The molecule has 2 heterocycles. The first-order valence-electron chi connectivity index (χ1n) is 7.44. The lowest BCUT2D eigenvalue weighted by atomic mass is 9.82. The summed E-state index contributed by atoms with van der Waals surface area (Å²) in [6, 6.07) is 8.81. The summed E-state index contributed by atoms with van der Waals surface area (Å²) in [4.78, 5) is 25.9. The molecule has 2 saturated heterocycles. The first-order chi connectivity index (χ1) is 10.6. The molecule has 3 rings (SSSR count). The van der Waals surface area contributed by atoms with Crippen molar-refractivity contribution in [3.8, 4) is 0 Å². The normalized spacial score (nSPS) is 26.8. The van der Waals surface area contributed by atoms with Crippen LogP contribution in [0.15, 0.2) is 30.3 Å². The molecule has 6 heteroatoms. The van der Waals surface area contributed by atoms with Gasteiger partial charge in [0.05, 0.1) is 26.4 Å². The molecule has 2 N–H and O–H groups in total. The van der Waals surface area contributed by atoms with Gasteiger partial charge in [0.1, 0.15) is 0 Å². The third-order valence-electron chi connectivity index (χ3n) is 4.62. The van der Waals surface area contributed by atoms with Crippen LogP contribution < -0.4 is 5.32 Å². The van der Waals surface area contributed by atoms with Gasteiger partial charge in [-0.3, -0.25) is 9.59 Å². The highest BCUT2D eigenvalue weighted by molar-refractivity contribution is 5.96. The van der Waals surface area contributed by atoms with Crippen LogP contribution in [0.3, 0.4) is 0 Å². The van der Waals surface area contributed by atoms with Gasteiger partial charge in [-0.2, -0.15) is 0 Å². The molecule has 0 unspecified atom stereocenters. The van der Waals surface area contributed by atoms with Crippen LogP contribution >= 0.6 is 0 Å². The van der Waals surface area contributed by atoms with Gasteiger partial charge in [-0.25, -0.2) is 0 Å². The summed E-state index contributed by atoms with van der Waals surface area (Å²) in [5.74, 6) is -0.189. The molecule has 1 aromatic carbocycles. The van der Waals surface area contributed by atoms with Crippen molar-refractivity contribution in [2.24, 2.45) is 11.3 Å². The van der Waals surface area contributed by atoms with Crippen LogP contribution in [0.25, 0.3) is 0 Å². The van der Waals surface area contributed by atoms with Crippen LogP contribution in [-0.4, -0.2) is 61.3 Å². The fourth-order valence-electron chi connectivity index (χ4n) is 3.20. The van der Waals surface area contributed by atoms with Crippen molar-refractivity contribution in [1.82, 2.24) is 10.2 Å². The minimum atomic E-state index is -0.320. The maximum Gasteiger partial charge on any atom is 0.251 e. The lowest BCUT2D eigenvalue weighted by molar-refractivity contribution is -0.130. The lowest BCUT2D eigenvalue weighted by Gasteiger charge is -2.24. The second-order valence-electron chi connectivity index (χ2n) is 6.06. The summed E-state index contributed by atoms with van der Waals surface area (Å²) in [7, 11) is 0. The molecule has 0 saturated carbocycles. The van der Waals surface area contributed by atoms with Crippen molar-refractivity contribution in [2.75, 3.05) is 39.5 Å². The molecular weight excluding hydrogens is 284 g/mol. The maximum absolute atomic E-state index is 12.3. The molecule has 118 valence electrons. The summed E-state index contributed by atoms with van der Waals surface area (Å²) in [5.41, 5.74) is 0.216. The number of fused-ring (bicyclic) bond motifs is 1. The van der Waals surface area contributed by atoms with Gasteiger partial charge in [0, 0.05) is 30.0 Å². The standard InChI is InChI=1S/C16H20N2O4/c19-10-16-9-18(7-13(16)8-22-11-16)14(20)6-17-15(21)12-4-2-1-3-5-12/h1-5,13,19H,6-11H2,(H,17,21)/t13-,16-/m0/s1. The number of aliphatic hydroxyl groups excluding tert-OH is 1. The van der Waals surface area contributed by atoms with Crippen LogP contribution in [0.2, 0.25) is 0 Å². The van der Waals surface area contributed by atoms with E-state index in [1.807, 2.05) is 6.07 Å². The monoisotopic (exact) mass is 304 g/mol. The van der Waals surface area contributed by atoms with Crippen molar-refractivity contribution in [3.05, 3.63) is 35.9 Å². The molecule has 0 aromatic heterocycles. The van der Waals surface area contributed by atoms with E-state index in [0.29, 0.717) is 31.9 Å². The van der Waals surface area contributed by atoms with E-state index in [4.69, 9.17) is 4.74 Å². The van der Waals surface area contributed by atoms with Gasteiger partial charge < -0.3 is 20.1 Å². The fraction of sp³-hybridized carbons (Fsp3) is 0.500. The molecule has 2 fully saturated rings. The van der Waals surface area contributed by atoms with E-state index in [2.05, 4.69) is 5.32 Å². The highest BCUT2D eigenvalue weighted by atomic mass is 16.5. The van der Waals surface area contributed by atoms with Crippen LogP contribution in [0, 0.1) is 11.3 Å². The summed E-state index contributed by atoms with van der Waals surface area (Å²) >= 11 is 0. The van der Waals surface area contributed by atoms with Gasteiger partial charge in [-0.15, -0.1) is 0 Å². The van der Waals surface area contributed by atoms with E-state index < -0.39 is 0 Å². The molecule has 2 aliphatic rings. The number of likely N-dealkylation sites (tertiary alicyclic amines) is 1. The van der Waals surface area contributed by atoms with E-state index in [1.165, 1.54) is 0 Å². The first kappa shape index (κ1) is 15.0. The minimum absolute atomic E-state index is 0.0250. The zero-order valence-corrected chi connectivity index (χ0v) is 12.3. The quantitative estimate of drug-likeness (QED) is 0.813. The van der Waals surface area contributed by atoms with E-state index in [0.717, 1.165) is 0 Å². The van der Waals surface area contributed by atoms with E-state index in [1.54, 1.807) is 29.2 Å². The molecule has 0 bridgehead atoms. The van der Waals surface area contributed by atoms with Gasteiger partial charge in [-0.1, -0.05) is 18.2 Å². The third kappa shape index (κ3) is 2.71. The summed E-state index contributed by atoms with van der Waals surface area (Å²) < 4.78 is 5.42. The van der Waals surface area contributed by atoms with Crippen LogP contribution in [0.1, 0.15) is 10.4 Å². The molecular formula is C16H20N2O4. The third-order valence-corrected chi connectivity index (χ3v) is 4.62. The second-order valence-corrected chi connectivity index (χ2v) is 6.06. The first-order valence-corrected chi connectivity index (χ1v) is 7.44. The second kappa shape index (κ2) is 6.06. The zero-order chi connectivity index (χ0) is 15.6. The molecule has 0 radical (unpaired) electrons. The SMILES string of the molecule is O=C(NCC(=O)N1C[C@H]2COC[C@@]2(CO)C1)c1ccccc1. The maximum atomic E-state index is 12.3. The highest BCUT2D eigenvalue weighted by Gasteiger charge is 2.51. The Hall–Kier alpha value is -1.92. The molecule has 2 aliphatic heterocycles. The number of hydrogen-bond donors (Lipinski definition) is 2. The van der Waals surface area contributed by atoms with Gasteiger partial charge in [0.25, 0.3) is 5.91 Å². The molecule has 0 spiro atoms. The predicted octanol–water partition coefficient (Wildman–Crippen LogP) is -0.116. The number of ether oxygens (including phenoxy) is 1. The van der Waals surface area contributed by atoms with E-state index in [9.17, 15) is 14.7 Å². The lowest BCUT2D eigenvalue weighted by Crippen LogP contribution is -2.41. The Morgan fingerprint density at radius 2 is 2.14 bits per heavy atom. The largest absolute Gasteiger partial charge is 0.396 e. The number of rotatable bonds is 4. The topological polar surface area (TPSA) is 78.9 Å². The van der Waals surface area contributed by atoms with E-state index in [-0.39, 0.29) is 36.3 Å². The number of hydrogen-bond acceptors (Lipinski definition) is 4. The Balaban J connectivity index is 1.54. The number of aliphatic hydroxyl groups is 1. The van der Waals surface area contributed by atoms with E-state index >= 15 is 0 Å². The van der Waals surface area contributed by atoms with Crippen molar-refractivity contribution in [2.45, 2.75) is 0 Å². The van der Waals surface area contributed by atoms with Crippen molar-refractivity contribution >= 4 is 11.8 Å². The number of amides is 2. The van der Waals surface area contributed by atoms with Crippen molar-refractivity contribution < 1.29 is 19.4 Å². The summed E-state index contributed by atoms with van der Waals surface area (Å²) in [6.07, 6.45) is 0. The molecule has 2 amide bonds. The highest BCUT2D eigenvalue weighted by Crippen LogP contribution is 2.40. The molecule has 1 aromatic rings. The van der Waals surface area contributed by atoms with Crippen LogP contribution in [0.4, 0.5) is 0 Å². The predicted molar refractivity (Wildman–Crippen MR) is 79.2 cm³/mol. The Labute approximate surface area is 129 Å². The van der Waals surface area contributed by atoms with Crippen LogP contribution in [0.5, 0.6) is 0 Å². The number of carbonyl (C=O) groups excluding carboxylic acids is 2. The Kier molecular flexibility index (Phi) is 4.13. The van der Waals surface area contributed by atoms with Gasteiger partial charge in [-0.05, 0) is 12.1 Å². The number of benzene rings is 1. The average molecular weight is 304 g/mol. The van der Waals surface area contributed by atoms with Gasteiger partial charge in [0.2, 0.25) is 5.91 Å². The zero-order valence-electron chi connectivity index (χ0n) is 12.3. The van der Waals surface area contributed by atoms with Crippen molar-refractivity contribution in [3.63, 3.8) is 0 Å². The Morgan fingerprint density at radius 1 is 1.36 bits per heavy atom.